The molecule has 0 saturated heterocycles. The monoisotopic (exact) mass is 271 g/mol. The molecule has 0 aromatic carbocycles. The van der Waals surface area contributed by atoms with E-state index >= 15 is 0 Å². The number of thiazole rings is 1. The first kappa shape index (κ1) is 14.1. The van der Waals surface area contributed by atoms with Gasteiger partial charge in [-0.2, -0.15) is 0 Å². The van der Waals surface area contributed by atoms with Crippen molar-refractivity contribution in [3.05, 3.63) is 11.1 Å². The smallest absolute Gasteiger partial charge is 0.311 e. The average Bonchev–Trinajstić information content (AvgIpc) is 2.73. The Morgan fingerprint density at radius 3 is 2.78 bits per heavy atom. The fraction of sp³-hybridized carbons (Fsp3) is 0.400. The minimum Gasteiger partial charge on any atom is -0.469 e. The van der Waals surface area contributed by atoms with Gasteiger partial charge in [-0.05, 0) is 0 Å². The fourth-order valence-electron chi connectivity index (χ4n) is 1.03. The maximum Gasteiger partial charge on any atom is 0.311 e. The van der Waals surface area contributed by atoms with Gasteiger partial charge >= 0.3 is 5.97 Å². The van der Waals surface area contributed by atoms with Gasteiger partial charge in [0.2, 0.25) is 11.8 Å². The van der Waals surface area contributed by atoms with E-state index in [2.05, 4.69) is 20.4 Å². The maximum absolute atomic E-state index is 11.4. The molecule has 1 aromatic rings. The minimum absolute atomic E-state index is 0.0641. The Hall–Kier alpha value is -1.96. The third kappa shape index (κ3) is 4.91. The molecule has 2 amide bonds. The molecule has 0 bridgehead atoms. The second-order valence-corrected chi connectivity index (χ2v) is 4.21. The molecule has 0 aliphatic heterocycles. The standard InChI is InChI=1S/C10H13N3O4S/c1-6(14)11-4-8(15)13-10-12-7(5-18-10)3-9(16)17-2/h5H,3-4H2,1-2H3,(H,11,14)(H,12,13,15). The van der Waals surface area contributed by atoms with E-state index in [0.29, 0.717) is 10.8 Å². The number of ether oxygens (including phenoxy) is 1. The van der Waals surface area contributed by atoms with Gasteiger partial charge in [0.25, 0.3) is 0 Å². The highest BCUT2D eigenvalue weighted by atomic mass is 32.1. The summed E-state index contributed by atoms with van der Waals surface area (Å²) >= 11 is 1.20. The molecule has 0 aliphatic rings. The second-order valence-electron chi connectivity index (χ2n) is 3.35. The van der Waals surface area contributed by atoms with Crippen molar-refractivity contribution in [3.8, 4) is 0 Å². The van der Waals surface area contributed by atoms with Gasteiger partial charge in [-0.25, -0.2) is 4.98 Å². The van der Waals surface area contributed by atoms with Gasteiger partial charge in [-0.1, -0.05) is 0 Å². The van der Waals surface area contributed by atoms with Crippen molar-refractivity contribution in [2.45, 2.75) is 13.3 Å². The molecule has 0 saturated carbocycles. The number of anilines is 1. The lowest BCUT2D eigenvalue weighted by atomic mass is 10.3. The van der Waals surface area contributed by atoms with E-state index < -0.39 is 5.97 Å². The van der Waals surface area contributed by atoms with E-state index in [1.54, 1.807) is 5.38 Å². The lowest BCUT2D eigenvalue weighted by Gasteiger charge is -2.01. The molecule has 0 atom stereocenters. The van der Waals surface area contributed by atoms with Crippen molar-refractivity contribution in [3.63, 3.8) is 0 Å². The first-order valence-electron chi connectivity index (χ1n) is 5.06. The zero-order valence-corrected chi connectivity index (χ0v) is 10.8. The Kier molecular flexibility index (Phi) is 5.25. The third-order valence-electron chi connectivity index (χ3n) is 1.85. The van der Waals surface area contributed by atoms with Crippen LogP contribution in [0.25, 0.3) is 0 Å². The Balaban J connectivity index is 2.46. The summed E-state index contributed by atoms with van der Waals surface area (Å²) in [5, 5.41) is 6.91. The average molecular weight is 271 g/mol. The van der Waals surface area contributed by atoms with Crippen molar-refractivity contribution >= 4 is 34.3 Å². The molecule has 98 valence electrons. The van der Waals surface area contributed by atoms with E-state index in [1.807, 2.05) is 0 Å². The molecule has 0 spiro atoms. The highest BCUT2D eigenvalue weighted by Gasteiger charge is 2.09. The SMILES string of the molecule is COC(=O)Cc1csc(NC(=O)CNC(C)=O)n1. The summed E-state index contributed by atoms with van der Waals surface area (Å²) < 4.78 is 4.50. The Morgan fingerprint density at radius 2 is 2.17 bits per heavy atom. The highest BCUT2D eigenvalue weighted by Crippen LogP contribution is 2.15. The number of carbonyl (C=O) groups excluding carboxylic acids is 3. The van der Waals surface area contributed by atoms with Crippen LogP contribution < -0.4 is 10.6 Å². The van der Waals surface area contributed by atoms with Crippen LogP contribution in [0.3, 0.4) is 0 Å². The van der Waals surface area contributed by atoms with Crippen molar-refractivity contribution in [1.82, 2.24) is 10.3 Å². The van der Waals surface area contributed by atoms with Crippen LogP contribution in [0.5, 0.6) is 0 Å². The Labute approximate surface area is 108 Å². The highest BCUT2D eigenvalue weighted by molar-refractivity contribution is 7.13. The van der Waals surface area contributed by atoms with Gasteiger partial charge in [-0.15, -0.1) is 11.3 Å². The zero-order chi connectivity index (χ0) is 13.5. The van der Waals surface area contributed by atoms with Crippen LogP contribution >= 0.6 is 11.3 Å². The maximum atomic E-state index is 11.4. The van der Waals surface area contributed by atoms with Gasteiger partial charge < -0.3 is 15.4 Å². The first-order chi connectivity index (χ1) is 8.51. The molecule has 0 radical (unpaired) electrons. The zero-order valence-electron chi connectivity index (χ0n) is 9.98. The summed E-state index contributed by atoms with van der Waals surface area (Å²) in [5.41, 5.74) is 0.529. The summed E-state index contributed by atoms with van der Waals surface area (Å²) in [4.78, 5) is 37.0. The van der Waals surface area contributed by atoms with Crippen LogP contribution in [-0.4, -0.2) is 36.4 Å². The first-order valence-corrected chi connectivity index (χ1v) is 5.94. The quantitative estimate of drug-likeness (QED) is 0.731. The van der Waals surface area contributed by atoms with Crippen LogP contribution in [0.2, 0.25) is 0 Å². The molecular formula is C10H13N3O4S. The molecule has 1 aromatic heterocycles. The molecule has 1 heterocycles. The molecular weight excluding hydrogens is 258 g/mol. The summed E-state index contributed by atoms with van der Waals surface area (Å²) in [6.45, 7) is 1.21. The fourth-order valence-corrected chi connectivity index (χ4v) is 1.76. The normalized spacial score (nSPS) is 9.67. The number of hydrogen-bond donors (Lipinski definition) is 2. The summed E-state index contributed by atoms with van der Waals surface area (Å²) in [7, 11) is 1.30. The van der Waals surface area contributed by atoms with Crippen molar-refractivity contribution in [2.75, 3.05) is 19.0 Å². The number of nitrogens with one attached hydrogen (secondary N) is 2. The van der Waals surface area contributed by atoms with Gasteiger partial charge in [0.1, 0.15) is 0 Å². The molecule has 1 rings (SSSR count). The second kappa shape index (κ2) is 6.70. The predicted molar refractivity (Wildman–Crippen MR) is 65.1 cm³/mol. The van der Waals surface area contributed by atoms with Crippen molar-refractivity contribution < 1.29 is 19.1 Å². The topological polar surface area (TPSA) is 97.4 Å². The van der Waals surface area contributed by atoms with Crippen LogP contribution in [0.15, 0.2) is 5.38 Å². The lowest BCUT2D eigenvalue weighted by molar-refractivity contribution is -0.139. The largest absolute Gasteiger partial charge is 0.469 e. The summed E-state index contributed by atoms with van der Waals surface area (Å²) in [6.07, 6.45) is 0.0641. The molecule has 18 heavy (non-hydrogen) atoms. The number of esters is 1. The number of nitrogens with zero attached hydrogens (tertiary/aromatic N) is 1. The van der Waals surface area contributed by atoms with E-state index in [0.717, 1.165) is 0 Å². The number of methoxy groups -OCH3 is 1. The van der Waals surface area contributed by atoms with Crippen LogP contribution in [0.4, 0.5) is 5.13 Å². The molecule has 0 aliphatic carbocycles. The Bertz CT molecular complexity index is 458. The third-order valence-corrected chi connectivity index (χ3v) is 2.66. The summed E-state index contributed by atoms with van der Waals surface area (Å²) in [5.74, 6) is -1.05. The molecule has 7 nitrogen and oxygen atoms in total. The Morgan fingerprint density at radius 1 is 1.44 bits per heavy atom. The number of amides is 2. The molecule has 2 N–H and O–H groups in total. The van der Waals surface area contributed by atoms with Crippen molar-refractivity contribution in [2.24, 2.45) is 0 Å². The molecule has 8 heteroatoms. The van der Waals surface area contributed by atoms with Gasteiger partial charge in [0.05, 0.1) is 25.8 Å². The van der Waals surface area contributed by atoms with Gasteiger partial charge in [0.15, 0.2) is 5.13 Å². The van der Waals surface area contributed by atoms with Gasteiger partial charge in [-0.3, -0.25) is 14.4 Å². The van der Waals surface area contributed by atoms with E-state index in [-0.39, 0.29) is 24.8 Å². The number of carbonyl (C=O) groups is 3. The molecule has 0 unspecified atom stereocenters. The number of aromatic nitrogens is 1. The van der Waals surface area contributed by atoms with E-state index in [9.17, 15) is 14.4 Å². The van der Waals surface area contributed by atoms with E-state index in [4.69, 9.17) is 0 Å². The number of rotatable bonds is 5. The predicted octanol–water partition coefficient (Wildman–Crippen LogP) is -0.0668. The summed E-state index contributed by atoms with van der Waals surface area (Å²) in [6, 6.07) is 0. The minimum atomic E-state index is -0.392. The van der Waals surface area contributed by atoms with Crippen molar-refractivity contribution in [1.29, 1.82) is 0 Å². The van der Waals surface area contributed by atoms with Crippen LogP contribution in [-0.2, 0) is 25.5 Å². The van der Waals surface area contributed by atoms with Crippen LogP contribution in [0.1, 0.15) is 12.6 Å². The van der Waals surface area contributed by atoms with Crippen LogP contribution in [0, 0.1) is 0 Å². The van der Waals surface area contributed by atoms with Gasteiger partial charge in [0, 0.05) is 12.3 Å². The lowest BCUT2D eigenvalue weighted by Crippen LogP contribution is -2.31. The number of hydrogen-bond acceptors (Lipinski definition) is 6. The van der Waals surface area contributed by atoms with E-state index in [1.165, 1.54) is 25.4 Å². The molecule has 0 fully saturated rings.